The van der Waals surface area contributed by atoms with Crippen LogP contribution in [-0.2, 0) is 16.6 Å². The summed E-state index contributed by atoms with van der Waals surface area (Å²) >= 11 is 1.79. The molecule has 2 aromatic rings. The van der Waals surface area contributed by atoms with Crippen LogP contribution < -0.4 is 9.62 Å². The Morgan fingerprint density at radius 3 is 2.50 bits per heavy atom. The van der Waals surface area contributed by atoms with Crippen LogP contribution in [0.5, 0.6) is 0 Å². The van der Waals surface area contributed by atoms with Gasteiger partial charge in [0.15, 0.2) is 0 Å². The first-order chi connectivity index (χ1) is 11.5. The molecule has 0 amide bonds. The molecule has 0 radical (unpaired) electrons. The number of halogens is 1. The van der Waals surface area contributed by atoms with Crippen LogP contribution in [0.15, 0.2) is 46.7 Å². The van der Waals surface area contributed by atoms with Gasteiger partial charge in [0.1, 0.15) is 12.4 Å². The van der Waals surface area contributed by atoms with Crippen molar-refractivity contribution >= 4 is 21.4 Å². The summed E-state index contributed by atoms with van der Waals surface area (Å²) in [7, 11) is -3.55. The second-order valence-corrected chi connectivity index (χ2v) is 9.05. The standard InChI is InChI=1S/C17H21FN2O2S2/c18-15-3-5-17(6-4-15)24(21,22)19-12-14-7-9-20(10-8-14)13-16-2-1-11-23-16/h1-6,11,14,19H,7-10,12-13H2/p+1. The van der Waals surface area contributed by atoms with Crippen LogP contribution in [0.2, 0.25) is 0 Å². The van der Waals surface area contributed by atoms with Crippen LogP contribution >= 0.6 is 11.3 Å². The van der Waals surface area contributed by atoms with Crippen LogP contribution in [0, 0.1) is 11.7 Å². The van der Waals surface area contributed by atoms with E-state index in [0.717, 1.165) is 32.5 Å². The van der Waals surface area contributed by atoms with E-state index in [1.807, 2.05) is 0 Å². The number of likely N-dealkylation sites (tertiary alicyclic amines) is 1. The van der Waals surface area contributed by atoms with E-state index >= 15 is 0 Å². The molecule has 0 bridgehead atoms. The lowest BCUT2D eigenvalue weighted by Gasteiger charge is -2.29. The number of rotatable bonds is 6. The monoisotopic (exact) mass is 369 g/mol. The molecule has 0 saturated carbocycles. The molecule has 1 fully saturated rings. The molecule has 1 aromatic carbocycles. The zero-order chi connectivity index (χ0) is 17.0. The molecule has 1 aliphatic rings. The van der Waals surface area contributed by atoms with Gasteiger partial charge in [-0.05, 0) is 41.6 Å². The predicted octanol–water partition coefficient (Wildman–Crippen LogP) is 1.66. The third-order valence-electron chi connectivity index (χ3n) is 4.50. The molecule has 1 aliphatic heterocycles. The fraction of sp³-hybridized carbons (Fsp3) is 0.412. The average molecular weight is 370 g/mol. The maximum Gasteiger partial charge on any atom is 0.240 e. The van der Waals surface area contributed by atoms with E-state index in [1.165, 1.54) is 29.1 Å². The number of piperidine rings is 1. The highest BCUT2D eigenvalue weighted by molar-refractivity contribution is 7.89. The minimum Gasteiger partial charge on any atom is -0.331 e. The first-order valence-corrected chi connectivity index (χ1v) is 10.5. The quantitative estimate of drug-likeness (QED) is 0.814. The second-order valence-electron chi connectivity index (χ2n) is 6.26. The van der Waals surface area contributed by atoms with Crippen molar-refractivity contribution in [3.8, 4) is 0 Å². The fourth-order valence-corrected chi connectivity index (χ4v) is 4.94. The van der Waals surface area contributed by atoms with Crippen molar-refractivity contribution in [1.29, 1.82) is 0 Å². The van der Waals surface area contributed by atoms with Crippen LogP contribution in [-0.4, -0.2) is 28.1 Å². The molecule has 0 aliphatic carbocycles. The molecule has 1 saturated heterocycles. The summed E-state index contributed by atoms with van der Waals surface area (Å²) in [5.74, 6) is -0.0673. The molecule has 2 N–H and O–H groups in total. The Balaban J connectivity index is 1.47. The smallest absolute Gasteiger partial charge is 0.240 e. The number of hydrogen-bond acceptors (Lipinski definition) is 3. The normalized spacial score (nSPS) is 21.7. The number of benzene rings is 1. The van der Waals surface area contributed by atoms with Gasteiger partial charge in [0.05, 0.1) is 22.9 Å². The number of sulfonamides is 1. The van der Waals surface area contributed by atoms with Crippen LogP contribution in [0.3, 0.4) is 0 Å². The molecular weight excluding hydrogens is 347 g/mol. The van der Waals surface area contributed by atoms with Crippen LogP contribution in [0.25, 0.3) is 0 Å². The van der Waals surface area contributed by atoms with E-state index in [2.05, 4.69) is 22.2 Å². The first-order valence-electron chi connectivity index (χ1n) is 8.14. The Hall–Kier alpha value is -1.28. The maximum absolute atomic E-state index is 12.9. The molecular formula is C17H22FN2O2S2+. The molecule has 1 aromatic heterocycles. The highest BCUT2D eigenvalue weighted by atomic mass is 32.2. The van der Waals surface area contributed by atoms with E-state index in [0.29, 0.717) is 12.5 Å². The molecule has 3 rings (SSSR count). The zero-order valence-electron chi connectivity index (χ0n) is 13.4. The van der Waals surface area contributed by atoms with Gasteiger partial charge in [0, 0.05) is 19.4 Å². The van der Waals surface area contributed by atoms with Gasteiger partial charge in [0.25, 0.3) is 0 Å². The van der Waals surface area contributed by atoms with Gasteiger partial charge in [-0.2, -0.15) is 0 Å². The Kier molecular flexibility index (Phi) is 5.65. The summed E-state index contributed by atoms with van der Waals surface area (Å²) in [6.07, 6.45) is 2.04. The second kappa shape index (κ2) is 7.74. The van der Waals surface area contributed by atoms with Crippen LogP contribution in [0.1, 0.15) is 17.7 Å². The third-order valence-corrected chi connectivity index (χ3v) is 6.82. The van der Waals surface area contributed by atoms with Gasteiger partial charge in [-0.3, -0.25) is 0 Å². The van der Waals surface area contributed by atoms with E-state index < -0.39 is 15.8 Å². The highest BCUT2D eigenvalue weighted by Crippen LogP contribution is 2.13. The highest BCUT2D eigenvalue weighted by Gasteiger charge is 2.24. The number of nitrogens with one attached hydrogen (secondary N) is 2. The lowest BCUT2D eigenvalue weighted by Crippen LogP contribution is -3.11. The van der Waals surface area contributed by atoms with E-state index in [4.69, 9.17) is 0 Å². The largest absolute Gasteiger partial charge is 0.331 e. The van der Waals surface area contributed by atoms with Crippen molar-refractivity contribution in [3.63, 3.8) is 0 Å². The van der Waals surface area contributed by atoms with Gasteiger partial charge in [-0.1, -0.05) is 6.07 Å². The molecule has 0 unspecified atom stereocenters. The van der Waals surface area contributed by atoms with E-state index in [1.54, 1.807) is 16.2 Å². The summed E-state index contributed by atoms with van der Waals surface area (Å²) in [5.41, 5.74) is 0. The van der Waals surface area contributed by atoms with Crippen molar-refractivity contribution in [2.24, 2.45) is 5.92 Å². The van der Waals surface area contributed by atoms with Crippen molar-refractivity contribution in [2.45, 2.75) is 24.3 Å². The molecule has 4 nitrogen and oxygen atoms in total. The molecule has 7 heteroatoms. The Bertz CT molecular complexity index is 737. The Labute approximate surface area is 146 Å². The van der Waals surface area contributed by atoms with Gasteiger partial charge in [-0.15, -0.1) is 11.3 Å². The Morgan fingerprint density at radius 1 is 1.17 bits per heavy atom. The molecule has 24 heavy (non-hydrogen) atoms. The van der Waals surface area contributed by atoms with Gasteiger partial charge in [0.2, 0.25) is 10.0 Å². The molecule has 0 atom stereocenters. The summed E-state index contributed by atoms with van der Waals surface area (Å²) in [6, 6.07) is 9.18. The SMILES string of the molecule is O=S(=O)(NCC1CC[NH+](Cc2cccs2)CC1)c1ccc(F)cc1. The summed E-state index contributed by atoms with van der Waals surface area (Å²) in [5, 5.41) is 2.10. The van der Waals surface area contributed by atoms with Crippen LogP contribution in [0.4, 0.5) is 4.39 Å². The fourth-order valence-electron chi connectivity index (χ4n) is 3.05. The first kappa shape index (κ1) is 17.5. The minimum atomic E-state index is -3.55. The lowest BCUT2D eigenvalue weighted by molar-refractivity contribution is -0.919. The van der Waals surface area contributed by atoms with Crippen molar-refractivity contribution < 1.29 is 17.7 Å². The summed E-state index contributed by atoms with van der Waals surface area (Å²) in [6.45, 7) is 3.65. The molecule has 130 valence electrons. The Morgan fingerprint density at radius 2 is 1.88 bits per heavy atom. The minimum absolute atomic E-state index is 0.115. The van der Waals surface area contributed by atoms with Crippen molar-refractivity contribution in [3.05, 3.63) is 52.5 Å². The van der Waals surface area contributed by atoms with Gasteiger partial charge in [-0.25, -0.2) is 17.5 Å². The number of quaternary nitrogens is 1. The van der Waals surface area contributed by atoms with Gasteiger partial charge >= 0.3 is 0 Å². The summed E-state index contributed by atoms with van der Waals surface area (Å²) in [4.78, 5) is 3.08. The summed E-state index contributed by atoms with van der Waals surface area (Å²) < 4.78 is 40.0. The number of thiophene rings is 1. The zero-order valence-corrected chi connectivity index (χ0v) is 15.0. The predicted molar refractivity (Wildman–Crippen MR) is 93.0 cm³/mol. The molecule has 0 spiro atoms. The maximum atomic E-state index is 12.9. The van der Waals surface area contributed by atoms with Crippen molar-refractivity contribution in [2.75, 3.05) is 19.6 Å². The van der Waals surface area contributed by atoms with Gasteiger partial charge < -0.3 is 4.90 Å². The van der Waals surface area contributed by atoms with E-state index in [9.17, 15) is 12.8 Å². The van der Waals surface area contributed by atoms with Crippen molar-refractivity contribution in [1.82, 2.24) is 4.72 Å². The number of hydrogen-bond donors (Lipinski definition) is 2. The lowest BCUT2D eigenvalue weighted by atomic mass is 9.97. The molecule has 2 heterocycles. The third kappa shape index (κ3) is 4.63. The average Bonchev–Trinajstić information content (AvgIpc) is 3.08. The topological polar surface area (TPSA) is 50.6 Å². The van der Waals surface area contributed by atoms with E-state index in [-0.39, 0.29) is 4.90 Å².